The lowest BCUT2D eigenvalue weighted by Gasteiger charge is -2.23. The molecule has 0 unspecified atom stereocenters. The van der Waals surface area contributed by atoms with Gasteiger partial charge in [0.05, 0.1) is 6.10 Å². The number of hydrogen-bond donors (Lipinski definition) is 2. The van der Waals surface area contributed by atoms with E-state index in [-0.39, 0.29) is 6.10 Å². The first kappa shape index (κ1) is 13.2. The van der Waals surface area contributed by atoms with Crippen LogP contribution in [0.15, 0.2) is 30.3 Å². The molecule has 2 heteroatoms. The zero-order chi connectivity index (χ0) is 12.0. The maximum atomic E-state index is 9.50. The van der Waals surface area contributed by atoms with Crippen molar-refractivity contribution in [3.63, 3.8) is 0 Å². The van der Waals surface area contributed by atoms with Gasteiger partial charge in [0, 0.05) is 12.6 Å². The van der Waals surface area contributed by atoms with Crippen molar-refractivity contribution in [1.29, 1.82) is 0 Å². The molecule has 0 saturated carbocycles. The fourth-order valence-corrected chi connectivity index (χ4v) is 1.69. The van der Waals surface area contributed by atoms with Crippen LogP contribution in [0, 0.1) is 0 Å². The Kier molecular flexibility index (Phi) is 5.50. The zero-order valence-corrected chi connectivity index (χ0v) is 10.5. The molecule has 1 rings (SSSR count). The third kappa shape index (κ3) is 3.95. The maximum Gasteiger partial charge on any atom is 0.0662 e. The van der Waals surface area contributed by atoms with Gasteiger partial charge in [-0.2, -0.15) is 0 Å². The Labute approximate surface area is 98.7 Å². The van der Waals surface area contributed by atoms with Gasteiger partial charge < -0.3 is 10.4 Å². The van der Waals surface area contributed by atoms with Crippen molar-refractivity contribution in [1.82, 2.24) is 5.32 Å². The summed E-state index contributed by atoms with van der Waals surface area (Å²) in [5.74, 6) is 0.463. The SMILES string of the molecule is CC[C@@H](O)CN[C@@H](C)[C@H](C)c1ccccc1. The standard InChI is InChI=1S/C14H23NO/c1-4-14(16)10-15-12(3)11(2)13-8-6-5-7-9-13/h5-9,11-12,14-16H,4,10H2,1-3H3/t11-,12-,14+/m0/s1. The lowest BCUT2D eigenvalue weighted by Crippen LogP contribution is -2.36. The van der Waals surface area contributed by atoms with Crippen LogP contribution in [0.25, 0.3) is 0 Å². The molecular formula is C14H23NO. The molecule has 1 aromatic rings. The van der Waals surface area contributed by atoms with E-state index in [4.69, 9.17) is 0 Å². The highest BCUT2D eigenvalue weighted by molar-refractivity contribution is 5.20. The molecule has 0 aliphatic rings. The second kappa shape index (κ2) is 6.66. The minimum Gasteiger partial charge on any atom is -0.392 e. The molecule has 16 heavy (non-hydrogen) atoms. The van der Waals surface area contributed by atoms with Crippen LogP contribution in [0.5, 0.6) is 0 Å². The van der Waals surface area contributed by atoms with Crippen LogP contribution in [-0.4, -0.2) is 23.8 Å². The number of benzene rings is 1. The van der Waals surface area contributed by atoms with Gasteiger partial charge in [-0.05, 0) is 24.8 Å². The van der Waals surface area contributed by atoms with Gasteiger partial charge in [0.15, 0.2) is 0 Å². The predicted molar refractivity (Wildman–Crippen MR) is 68.6 cm³/mol. The molecule has 0 amide bonds. The Morgan fingerprint density at radius 1 is 1.19 bits per heavy atom. The summed E-state index contributed by atoms with van der Waals surface area (Å²) in [6.07, 6.45) is 0.574. The Balaban J connectivity index is 2.45. The molecule has 0 spiro atoms. The van der Waals surface area contributed by atoms with E-state index in [1.807, 2.05) is 13.0 Å². The van der Waals surface area contributed by atoms with E-state index in [2.05, 4.69) is 43.4 Å². The topological polar surface area (TPSA) is 32.3 Å². The highest BCUT2D eigenvalue weighted by Crippen LogP contribution is 2.18. The van der Waals surface area contributed by atoms with Crippen LogP contribution in [0.2, 0.25) is 0 Å². The fraction of sp³-hybridized carbons (Fsp3) is 0.571. The zero-order valence-electron chi connectivity index (χ0n) is 10.5. The highest BCUT2D eigenvalue weighted by Gasteiger charge is 2.14. The largest absolute Gasteiger partial charge is 0.392 e. The summed E-state index contributed by atoms with van der Waals surface area (Å²) in [5, 5.41) is 12.9. The first-order valence-electron chi connectivity index (χ1n) is 6.11. The lowest BCUT2D eigenvalue weighted by atomic mass is 9.94. The van der Waals surface area contributed by atoms with Crippen molar-refractivity contribution in [2.75, 3.05) is 6.54 Å². The Bertz CT molecular complexity index is 286. The summed E-state index contributed by atoms with van der Waals surface area (Å²) in [7, 11) is 0. The number of aliphatic hydroxyl groups excluding tert-OH is 1. The van der Waals surface area contributed by atoms with Gasteiger partial charge in [0.1, 0.15) is 0 Å². The van der Waals surface area contributed by atoms with Crippen molar-refractivity contribution < 1.29 is 5.11 Å². The van der Waals surface area contributed by atoms with Crippen molar-refractivity contribution in [2.45, 2.75) is 45.3 Å². The molecule has 0 heterocycles. The van der Waals surface area contributed by atoms with Crippen molar-refractivity contribution >= 4 is 0 Å². The van der Waals surface area contributed by atoms with E-state index in [1.54, 1.807) is 0 Å². The van der Waals surface area contributed by atoms with Gasteiger partial charge in [0.25, 0.3) is 0 Å². The van der Waals surface area contributed by atoms with Gasteiger partial charge in [-0.3, -0.25) is 0 Å². The molecule has 90 valence electrons. The maximum absolute atomic E-state index is 9.50. The number of rotatable bonds is 6. The quantitative estimate of drug-likeness (QED) is 0.773. The summed E-state index contributed by atoms with van der Waals surface area (Å²) < 4.78 is 0. The third-order valence-corrected chi connectivity index (χ3v) is 3.22. The van der Waals surface area contributed by atoms with Gasteiger partial charge in [0.2, 0.25) is 0 Å². The molecular weight excluding hydrogens is 198 g/mol. The Morgan fingerprint density at radius 3 is 2.38 bits per heavy atom. The van der Waals surface area contributed by atoms with E-state index in [9.17, 15) is 5.11 Å². The van der Waals surface area contributed by atoms with Crippen LogP contribution < -0.4 is 5.32 Å². The predicted octanol–water partition coefficient (Wildman–Crippen LogP) is 2.54. The van der Waals surface area contributed by atoms with E-state index < -0.39 is 0 Å². The second-order valence-corrected chi connectivity index (χ2v) is 4.46. The molecule has 0 aliphatic heterocycles. The second-order valence-electron chi connectivity index (χ2n) is 4.46. The molecule has 0 aliphatic carbocycles. The number of hydrogen-bond acceptors (Lipinski definition) is 2. The monoisotopic (exact) mass is 221 g/mol. The van der Waals surface area contributed by atoms with Crippen LogP contribution in [0.3, 0.4) is 0 Å². The average Bonchev–Trinajstić information content (AvgIpc) is 2.35. The third-order valence-electron chi connectivity index (χ3n) is 3.22. The van der Waals surface area contributed by atoms with E-state index in [0.29, 0.717) is 18.5 Å². The number of nitrogens with one attached hydrogen (secondary N) is 1. The summed E-state index contributed by atoms with van der Waals surface area (Å²) in [4.78, 5) is 0. The summed E-state index contributed by atoms with van der Waals surface area (Å²) >= 11 is 0. The smallest absolute Gasteiger partial charge is 0.0662 e. The molecule has 0 radical (unpaired) electrons. The molecule has 2 nitrogen and oxygen atoms in total. The molecule has 0 aromatic heterocycles. The summed E-state index contributed by atoms with van der Waals surface area (Å²) in [6, 6.07) is 10.9. The minimum atomic E-state index is -0.231. The Morgan fingerprint density at radius 2 is 1.81 bits per heavy atom. The summed E-state index contributed by atoms with van der Waals surface area (Å²) in [5.41, 5.74) is 1.34. The highest BCUT2D eigenvalue weighted by atomic mass is 16.3. The molecule has 0 saturated heterocycles. The van der Waals surface area contributed by atoms with Gasteiger partial charge in [-0.1, -0.05) is 44.2 Å². The first-order valence-corrected chi connectivity index (χ1v) is 6.11. The van der Waals surface area contributed by atoms with Gasteiger partial charge in [-0.15, -0.1) is 0 Å². The van der Waals surface area contributed by atoms with Gasteiger partial charge in [-0.25, -0.2) is 0 Å². The Hall–Kier alpha value is -0.860. The van der Waals surface area contributed by atoms with Crippen LogP contribution in [0.4, 0.5) is 0 Å². The average molecular weight is 221 g/mol. The van der Waals surface area contributed by atoms with E-state index in [1.165, 1.54) is 5.56 Å². The summed E-state index contributed by atoms with van der Waals surface area (Å²) in [6.45, 7) is 7.05. The van der Waals surface area contributed by atoms with Crippen LogP contribution in [0.1, 0.15) is 38.7 Å². The van der Waals surface area contributed by atoms with Crippen molar-refractivity contribution in [2.24, 2.45) is 0 Å². The van der Waals surface area contributed by atoms with Crippen LogP contribution in [-0.2, 0) is 0 Å². The fourth-order valence-electron chi connectivity index (χ4n) is 1.69. The molecule has 0 bridgehead atoms. The van der Waals surface area contributed by atoms with Crippen LogP contribution >= 0.6 is 0 Å². The molecule has 1 aromatic carbocycles. The minimum absolute atomic E-state index is 0.231. The lowest BCUT2D eigenvalue weighted by molar-refractivity contribution is 0.162. The molecule has 3 atom stereocenters. The first-order chi connectivity index (χ1) is 7.65. The molecule has 0 fully saturated rings. The number of aliphatic hydroxyl groups is 1. The van der Waals surface area contributed by atoms with Crippen molar-refractivity contribution in [3.05, 3.63) is 35.9 Å². The molecule has 2 N–H and O–H groups in total. The normalized spacial score (nSPS) is 16.8. The van der Waals surface area contributed by atoms with Crippen molar-refractivity contribution in [3.8, 4) is 0 Å². The van der Waals surface area contributed by atoms with E-state index in [0.717, 1.165) is 6.42 Å². The van der Waals surface area contributed by atoms with E-state index >= 15 is 0 Å². The van der Waals surface area contributed by atoms with Gasteiger partial charge >= 0.3 is 0 Å².